The Bertz CT molecular complexity index is 362. The number of hydrogen-bond acceptors (Lipinski definition) is 3. The van der Waals surface area contributed by atoms with Gasteiger partial charge in [0.25, 0.3) is 0 Å². The van der Waals surface area contributed by atoms with Crippen molar-refractivity contribution in [3.63, 3.8) is 0 Å². The molecule has 0 saturated carbocycles. The highest BCUT2D eigenvalue weighted by atomic mass is 32.1. The molecular weight excluding hydrogens is 228 g/mol. The van der Waals surface area contributed by atoms with Crippen LogP contribution < -0.4 is 15.8 Å². The fourth-order valence-corrected chi connectivity index (χ4v) is 1.16. The predicted molar refractivity (Wildman–Crippen MR) is 70.6 cm³/mol. The first-order valence-electron chi connectivity index (χ1n) is 4.47. The summed E-state index contributed by atoms with van der Waals surface area (Å²) in [6.07, 6.45) is 0. The van der Waals surface area contributed by atoms with Gasteiger partial charge in [0.15, 0.2) is 0 Å². The molecule has 0 bridgehead atoms. The molecule has 0 aliphatic carbocycles. The van der Waals surface area contributed by atoms with Crippen molar-refractivity contribution in [2.75, 3.05) is 11.9 Å². The van der Waals surface area contributed by atoms with Crippen LogP contribution in [-0.2, 0) is 0 Å². The van der Waals surface area contributed by atoms with E-state index in [1.807, 2.05) is 31.2 Å². The third-order valence-corrected chi connectivity index (χ3v) is 2.30. The van der Waals surface area contributed by atoms with E-state index < -0.39 is 0 Å². The summed E-state index contributed by atoms with van der Waals surface area (Å²) in [5.41, 5.74) is 6.21. The number of benzene rings is 1. The lowest BCUT2D eigenvalue weighted by molar-refractivity contribution is 0.340. The summed E-state index contributed by atoms with van der Waals surface area (Å²) in [6, 6.07) is 7.42. The fourth-order valence-electron chi connectivity index (χ4n) is 0.994. The number of rotatable bonds is 3. The normalized spacial score (nSPS) is 9.40. The number of nitrogens with two attached hydrogens (primary N) is 1. The first-order chi connectivity index (χ1) is 7.13. The molecule has 0 aliphatic rings. The van der Waals surface area contributed by atoms with Crippen LogP contribution >= 0.6 is 24.4 Å². The third kappa shape index (κ3) is 3.81. The third-order valence-electron chi connectivity index (χ3n) is 1.65. The van der Waals surface area contributed by atoms with Crippen molar-refractivity contribution in [3.05, 3.63) is 24.3 Å². The average Bonchev–Trinajstić information content (AvgIpc) is 2.21. The first kappa shape index (κ1) is 11.9. The summed E-state index contributed by atoms with van der Waals surface area (Å²) in [5.74, 6) is 0.823. The van der Waals surface area contributed by atoms with E-state index in [2.05, 4.69) is 5.32 Å². The zero-order chi connectivity index (χ0) is 11.3. The van der Waals surface area contributed by atoms with Gasteiger partial charge in [-0.1, -0.05) is 24.4 Å². The molecule has 0 amide bonds. The summed E-state index contributed by atoms with van der Waals surface area (Å²) >= 11 is 9.67. The van der Waals surface area contributed by atoms with Gasteiger partial charge < -0.3 is 15.8 Å². The van der Waals surface area contributed by atoms with Crippen molar-refractivity contribution < 1.29 is 4.74 Å². The predicted octanol–water partition coefficient (Wildman–Crippen LogP) is 2.11. The highest BCUT2D eigenvalue weighted by Gasteiger charge is 2.00. The van der Waals surface area contributed by atoms with Crippen LogP contribution in [-0.4, -0.2) is 16.6 Å². The molecule has 5 heteroatoms. The van der Waals surface area contributed by atoms with Crippen molar-refractivity contribution in [1.29, 1.82) is 0 Å². The van der Waals surface area contributed by atoms with E-state index in [1.54, 1.807) is 0 Å². The van der Waals surface area contributed by atoms with Crippen LogP contribution in [0.2, 0.25) is 0 Å². The molecule has 0 atom stereocenters. The molecule has 0 aromatic heterocycles. The molecule has 80 valence electrons. The maximum Gasteiger partial charge on any atom is 0.138 e. The van der Waals surface area contributed by atoms with E-state index in [0.29, 0.717) is 11.6 Å². The highest BCUT2D eigenvalue weighted by molar-refractivity contribution is 7.89. The Morgan fingerprint density at radius 1 is 1.33 bits per heavy atom. The topological polar surface area (TPSA) is 47.3 Å². The second-order valence-electron chi connectivity index (χ2n) is 2.78. The van der Waals surface area contributed by atoms with Crippen LogP contribution in [0.15, 0.2) is 24.3 Å². The Hall–Kier alpha value is -1.20. The van der Waals surface area contributed by atoms with Gasteiger partial charge in [0, 0.05) is 5.69 Å². The van der Waals surface area contributed by atoms with E-state index in [4.69, 9.17) is 34.9 Å². The molecule has 0 heterocycles. The van der Waals surface area contributed by atoms with E-state index in [1.165, 1.54) is 0 Å². The van der Waals surface area contributed by atoms with Crippen molar-refractivity contribution in [1.82, 2.24) is 0 Å². The zero-order valence-corrected chi connectivity index (χ0v) is 9.95. The Balaban J connectivity index is 2.64. The van der Waals surface area contributed by atoms with Crippen LogP contribution in [0.4, 0.5) is 5.69 Å². The smallest absolute Gasteiger partial charge is 0.138 e. The molecule has 0 radical (unpaired) electrons. The molecule has 0 aliphatic heterocycles. The number of nitrogens with one attached hydrogen (secondary N) is 1. The molecule has 0 unspecified atom stereocenters. The molecule has 1 rings (SSSR count). The van der Waals surface area contributed by atoms with Crippen molar-refractivity contribution >= 4 is 40.1 Å². The van der Waals surface area contributed by atoms with Crippen LogP contribution in [0.25, 0.3) is 0 Å². The number of anilines is 1. The highest BCUT2D eigenvalue weighted by Crippen LogP contribution is 2.15. The summed E-state index contributed by atoms with van der Waals surface area (Å²) in [4.78, 5) is 0.563. The van der Waals surface area contributed by atoms with Crippen LogP contribution in [0.5, 0.6) is 5.75 Å². The number of thiocarbonyl (C=S) groups is 2. The van der Waals surface area contributed by atoms with Gasteiger partial charge in [0.05, 0.1) is 6.61 Å². The Morgan fingerprint density at radius 2 is 1.93 bits per heavy atom. The summed E-state index contributed by atoms with van der Waals surface area (Å²) in [7, 11) is 0. The minimum Gasteiger partial charge on any atom is -0.494 e. The second-order valence-corrected chi connectivity index (χ2v) is 3.62. The van der Waals surface area contributed by atoms with Gasteiger partial charge in [0.2, 0.25) is 0 Å². The minimum absolute atomic E-state index is 0.193. The van der Waals surface area contributed by atoms with Gasteiger partial charge in [0.1, 0.15) is 15.7 Å². The van der Waals surface area contributed by atoms with E-state index >= 15 is 0 Å². The average molecular weight is 240 g/mol. The van der Waals surface area contributed by atoms with Crippen LogP contribution in [0.1, 0.15) is 6.92 Å². The molecule has 0 saturated heterocycles. The minimum atomic E-state index is 0.193. The lowest BCUT2D eigenvalue weighted by Gasteiger charge is -2.07. The second kappa shape index (κ2) is 5.63. The van der Waals surface area contributed by atoms with Crippen LogP contribution in [0.3, 0.4) is 0 Å². The molecule has 1 aromatic rings. The van der Waals surface area contributed by atoms with Crippen molar-refractivity contribution in [2.45, 2.75) is 6.92 Å². The Labute approximate surface area is 99.6 Å². The molecule has 3 N–H and O–H groups in total. The molecule has 15 heavy (non-hydrogen) atoms. The quantitative estimate of drug-likeness (QED) is 0.792. The molecule has 3 nitrogen and oxygen atoms in total. The maximum atomic E-state index is 5.36. The summed E-state index contributed by atoms with van der Waals surface area (Å²) in [5, 5.41) is 2.92. The zero-order valence-electron chi connectivity index (χ0n) is 8.32. The SMILES string of the molecule is CCOc1ccc(NC(=S)C(N)=S)cc1. The fraction of sp³-hybridized carbons (Fsp3) is 0.200. The van der Waals surface area contributed by atoms with Gasteiger partial charge in [-0.2, -0.15) is 0 Å². The molecule has 1 aromatic carbocycles. The molecule has 0 spiro atoms. The van der Waals surface area contributed by atoms with Gasteiger partial charge >= 0.3 is 0 Å². The summed E-state index contributed by atoms with van der Waals surface area (Å²) < 4.78 is 5.30. The van der Waals surface area contributed by atoms with Gasteiger partial charge in [-0.3, -0.25) is 0 Å². The maximum absolute atomic E-state index is 5.36. The number of ether oxygens (including phenoxy) is 1. The standard InChI is InChI=1S/C10H12N2OS2/c1-2-13-8-5-3-7(4-6-8)12-10(15)9(11)14/h3-6H,2H2,1H3,(H2,11,14)(H,12,15). The lowest BCUT2D eigenvalue weighted by atomic mass is 10.3. The van der Waals surface area contributed by atoms with Crippen molar-refractivity contribution in [2.24, 2.45) is 5.73 Å². The van der Waals surface area contributed by atoms with E-state index in [0.717, 1.165) is 11.4 Å². The van der Waals surface area contributed by atoms with Gasteiger partial charge in [-0.15, -0.1) is 0 Å². The van der Waals surface area contributed by atoms with Crippen LogP contribution in [0, 0.1) is 0 Å². The lowest BCUT2D eigenvalue weighted by Crippen LogP contribution is -2.25. The number of hydrogen-bond donors (Lipinski definition) is 2. The van der Waals surface area contributed by atoms with Gasteiger partial charge in [-0.05, 0) is 31.2 Å². The molecular formula is C10H12N2OS2. The largest absolute Gasteiger partial charge is 0.494 e. The Morgan fingerprint density at radius 3 is 2.40 bits per heavy atom. The van der Waals surface area contributed by atoms with E-state index in [-0.39, 0.29) is 4.99 Å². The monoisotopic (exact) mass is 240 g/mol. The molecule has 0 fully saturated rings. The first-order valence-corrected chi connectivity index (χ1v) is 5.28. The van der Waals surface area contributed by atoms with Crippen molar-refractivity contribution in [3.8, 4) is 5.75 Å². The van der Waals surface area contributed by atoms with Gasteiger partial charge in [-0.25, -0.2) is 0 Å². The Kier molecular flexibility index (Phi) is 4.45. The summed E-state index contributed by atoms with van der Waals surface area (Å²) in [6.45, 7) is 2.59. The van der Waals surface area contributed by atoms with E-state index in [9.17, 15) is 0 Å².